The van der Waals surface area contributed by atoms with E-state index in [2.05, 4.69) is 81.4 Å². The van der Waals surface area contributed by atoms with Gasteiger partial charge in [0.05, 0.1) is 6.20 Å². The molecule has 10 heteroatoms. The summed E-state index contributed by atoms with van der Waals surface area (Å²) >= 11 is 8.48. The fourth-order valence-electron chi connectivity index (χ4n) is 6.41. The van der Waals surface area contributed by atoms with Crippen LogP contribution in [0, 0.1) is 6.92 Å². The molecule has 0 bridgehead atoms. The summed E-state index contributed by atoms with van der Waals surface area (Å²) in [6, 6.07) is 6.77. The molecule has 2 saturated heterocycles. The first-order valence-corrected chi connectivity index (χ1v) is 15.0. The number of rotatable bonds is 5. The summed E-state index contributed by atoms with van der Waals surface area (Å²) in [6.07, 6.45) is 9.44. The number of piperidine rings is 1. The Morgan fingerprint density at radius 1 is 1.13 bits per heavy atom. The Morgan fingerprint density at radius 3 is 2.56 bits per heavy atom. The van der Waals surface area contributed by atoms with E-state index in [1.165, 1.54) is 6.42 Å². The molecule has 2 fully saturated rings. The summed E-state index contributed by atoms with van der Waals surface area (Å²) in [6.45, 7) is 12.0. The molecule has 5 heterocycles. The Bertz CT molecular complexity index is 1480. The number of hydrogen-bond donors (Lipinski definition) is 1. The van der Waals surface area contributed by atoms with Gasteiger partial charge in [-0.3, -0.25) is 0 Å². The maximum absolute atomic E-state index is 6.89. The molecule has 0 radical (unpaired) electrons. The van der Waals surface area contributed by atoms with E-state index < -0.39 is 0 Å². The third kappa shape index (κ3) is 5.22. The summed E-state index contributed by atoms with van der Waals surface area (Å²) in [5, 5.41) is 14.7. The SMILES string of the molecule is Cc1cc(-c2cnn(C3CCCCO3)c2)ccc1-c1nc2sc(N(C)C3CC(C)(C)NC(C)(C)C3)nn2c1Cl. The topological polar surface area (TPSA) is 72.5 Å². The molecule has 3 aromatic heterocycles. The summed E-state index contributed by atoms with van der Waals surface area (Å²) < 4.78 is 9.62. The summed E-state index contributed by atoms with van der Waals surface area (Å²) in [4.78, 5) is 8.04. The third-order valence-electron chi connectivity index (χ3n) is 8.02. The van der Waals surface area contributed by atoms with Gasteiger partial charge in [-0.2, -0.15) is 9.61 Å². The van der Waals surface area contributed by atoms with Gasteiger partial charge < -0.3 is 15.0 Å². The number of aromatic nitrogens is 5. The number of fused-ring (bicyclic) bond motifs is 1. The highest BCUT2D eigenvalue weighted by atomic mass is 35.5. The lowest BCUT2D eigenvalue weighted by Gasteiger charge is -2.48. The number of nitrogens with zero attached hydrogens (tertiary/aromatic N) is 6. The normalized spacial score (nSPS) is 21.5. The molecule has 1 aromatic carbocycles. The van der Waals surface area contributed by atoms with Gasteiger partial charge in [-0.15, -0.1) is 5.10 Å². The smallest absolute Gasteiger partial charge is 0.215 e. The van der Waals surface area contributed by atoms with E-state index in [0.717, 1.165) is 70.3 Å². The second-order valence-corrected chi connectivity index (χ2v) is 13.7. The molecular weight excluding hydrogens is 530 g/mol. The minimum absolute atomic E-state index is 0.0364. The molecule has 6 rings (SSSR count). The van der Waals surface area contributed by atoms with Gasteiger partial charge in [0.1, 0.15) is 11.9 Å². The summed E-state index contributed by atoms with van der Waals surface area (Å²) in [5.41, 5.74) is 5.22. The Labute approximate surface area is 239 Å². The van der Waals surface area contributed by atoms with Crippen molar-refractivity contribution >= 4 is 33.0 Å². The van der Waals surface area contributed by atoms with E-state index in [1.807, 2.05) is 10.9 Å². The van der Waals surface area contributed by atoms with E-state index in [-0.39, 0.29) is 17.3 Å². The Morgan fingerprint density at radius 2 is 1.90 bits per heavy atom. The van der Waals surface area contributed by atoms with Crippen molar-refractivity contribution in [1.29, 1.82) is 0 Å². The minimum atomic E-state index is 0.0364. The van der Waals surface area contributed by atoms with E-state index in [9.17, 15) is 0 Å². The number of aryl methyl sites for hydroxylation is 1. The molecule has 8 nitrogen and oxygen atoms in total. The van der Waals surface area contributed by atoms with Crippen LogP contribution in [0.4, 0.5) is 5.13 Å². The van der Waals surface area contributed by atoms with Gasteiger partial charge in [0, 0.05) is 48.1 Å². The average Bonchev–Trinajstić information content (AvgIpc) is 3.59. The number of anilines is 1. The summed E-state index contributed by atoms with van der Waals surface area (Å²) in [7, 11) is 2.14. The van der Waals surface area contributed by atoms with Crippen LogP contribution in [0.15, 0.2) is 30.6 Å². The van der Waals surface area contributed by atoms with Crippen LogP contribution in [0.3, 0.4) is 0 Å². The van der Waals surface area contributed by atoms with Crippen molar-refractivity contribution in [3.63, 3.8) is 0 Å². The number of ether oxygens (including phenoxy) is 1. The molecule has 2 aliphatic heterocycles. The highest BCUT2D eigenvalue weighted by Crippen LogP contribution is 2.38. The fourth-order valence-corrected chi connectivity index (χ4v) is 7.66. The molecule has 39 heavy (non-hydrogen) atoms. The van der Waals surface area contributed by atoms with Gasteiger partial charge in [0.15, 0.2) is 5.15 Å². The molecule has 0 aliphatic carbocycles. The monoisotopic (exact) mass is 567 g/mol. The van der Waals surface area contributed by atoms with Crippen LogP contribution in [0.1, 0.15) is 71.6 Å². The van der Waals surface area contributed by atoms with Crippen molar-refractivity contribution in [2.45, 2.75) is 90.1 Å². The number of benzene rings is 1. The average molecular weight is 568 g/mol. The van der Waals surface area contributed by atoms with E-state index in [1.54, 1.807) is 15.9 Å². The maximum atomic E-state index is 6.89. The molecule has 1 unspecified atom stereocenters. The maximum Gasteiger partial charge on any atom is 0.215 e. The van der Waals surface area contributed by atoms with Crippen LogP contribution in [-0.2, 0) is 4.74 Å². The van der Waals surface area contributed by atoms with Gasteiger partial charge in [-0.05, 0) is 77.8 Å². The van der Waals surface area contributed by atoms with Crippen molar-refractivity contribution in [1.82, 2.24) is 29.7 Å². The third-order valence-corrected chi connectivity index (χ3v) is 9.36. The molecule has 1 atom stereocenters. The van der Waals surface area contributed by atoms with Crippen molar-refractivity contribution in [2.75, 3.05) is 18.6 Å². The first kappa shape index (κ1) is 26.7. The molecule has 0 spiro atoms. The number of halogens is 1. The lowest BCUT2D eigenvalue weighted by atomic mass is 9.79. The van der Waals surface area contributed by atoms with Crippen molar-refractivity contribution < 1.29 is 4.74 Å². The van der Waals surface area contributed by atoms with E-state index in [0.29, 0.717) is 11.2 Å². The quantitative estimate of drug-likeness (QED) is 0.288. The van der Waals surface area contributed by atoms with Gasteiger partial charge in [0.2, 0.25) is 10.1 Å². The number of nitrogens with one attached hydrogen (secondary N) is 1. The summed E-state index contributed by atoms with van der Waals surface area (Å²) in [5.74, 6) is 0. The van der Waals surface area contributed by atoms with Crippen LogP contribution in [0.5, 0.6) is 0 Å². The van der Waals surface area contributed by atoms with E-state index >= 15 is 0 Å². The van der Waals surface area contributed by atoms with Gasteiger partial charge >= 0.3 is 0 Å². The van der Waals surface area contributed by atoms with Crippen molar-refractivity contribution in [3.05, 3.63) is 41.3 Å². The zero-order valence-electron chi connectivity index (χ0n) is 23.7. The highest BCUT2D eigenvalue weighted by molar-refractivity contribution is 7.20. The van der Waals surface area contributed by atoms with Crippen LogP contribution in [0.2, 0.25) is 5.15 Å². The second-order valence-electron chi connectivity index (χ2n) is 12.5. The predicted molar refractivity (Wildman–Crippen MR) is 159 cm³/mol. The largest absolute Gasteiger partial charge is 0.357 e. The molecule has 0 saturated carbocycles. The van der Waals surface area contributed by atoms with Crippen molar-refractivity contribution in [2.24, 2.45) is 0 Å². The lowest BCUT2D eigenvalue weighted by Crippen LogP contribution is -2.61. The van der Waals surface area contributed by atoms with Crippen LogP contribution < -0.4 is 10.2 Å². The highest BCUT2D eigenvalue weighted by Gasteiger charge is 2.40. The molecular formula is C29H38ClN7OS. The Hall–Kier alpha value is -2.46. The first-order chi connectivity index (χ1) is 18.5. The van der Waals surface area contributed by atoms with E-state index in [4.69, 9.17) is 26.4 Å². The fraction of sp³-hybridized carbons (Fsp3) is 0.552. The Kier molecular flexibility index (Phi) is 6.77. The van der Waals surface area contributed by atoms with Gasteiger partial charge in [-0.25, -0.2) is 9.67 Å². The van der Waals surface area contributed by atoms with Crippen molar-refractivity contribution in [3.8, 4) is 22.4 Å². The second kappa shape index (κ2) is 9.87. The molecule has 1 N–H and O–H groups in total. The van der Waals surface area contributed by atoms with Crippen LogP contribution in [-0.4, -0.2) is 55.2 Å². The molecule has 2 aliphatic rings. The zero-order valence-corrected chi connectivity index (χ0v) is 25.2. The molecule has 0 amide bonds. The lowest BCUT2D eigenvalue weighted by molar-refractivity contribution is -0.0394. The standard InChI is InChI=1S/C29H38ClN7OS/c1-18-13-19(20-16-31-36(17-20)23-9-7-8-12-38-23)10-11-22(18)24-25(30)37-26(32-24)39-27(33-37)35(6)21-14-28(2,3)34-29(4,5)15-21/h10-11,13,16-17,21,23,34H,7-9,12,14-15H2,1-6H3. The number of hydrogen-bond acceptors (Lipinski definition) is 7. The zero-order chi connectivity index (χ0) is 27.5. The first-order valence-electron chi connectivity index (χ1n) is 13.8. The predicted octanol–water partition coefficient (Wildman–Crippen LogP) is 6.73. The van der Waals surface area contributed by atoms with Crippen LogP contribution in [0.25, 0.3) is 27.3 Å². The molecule has 208 valence electrons. The Balaban J connectivity index is 1.24. The van der Waals surface area contributed by atoms with Crippen LogP contribution >= 0.6 is 22.9 Å². The molecule has 4 aromatic rings. The number of imidazole rings is 1. The van der Waals surface area contributed by atoms with Gasteiger partial charge in [0.25, 0.3) is 0 Å². The van der Waals surface area contributed by atoms with Gasteiger partial charge in [-0.1, -0.05) is 41.1 Å². The minimum Gasteiger partial charge on any atom is -0.357 e.